The number of amides is 1. The average Bonchev–Trinajstić information content (AvgIpc) is 3.07. The Morgan fingerprint density at radius 2 is 1.86 bits per heavy atom. The lowest BCUT2D eigenvalue weighted by Crippen LogP contribution is -2.54. The lowest BCUT2D eigenvalue weighted by atomic mass is 9.95. The van der Waals surface area contributed by atoms with E-state index >= 15 is 0 Å². The maximum absolute atomic E-state index is 13.6. The molecule has 2 heterocycles. The summed E-state index contributed by atoms with van der Waals surface area (Å²) >= 11 is 0. The highest BCUT2D eigenvalue weighted by molar-refractivity contribution is 6.01. The summed E-state index contributed by atoms with van der Waals surface area (Å²) in [4.78, 5) is 15.6. The number of benzene rings is 2. The van der Waals surface area contributed by atoms with Gasteiger partial charge in [-0.25, -0.2) is 0 Å². The molecular weight excluding hydrogens is 348 g/mol. The van der Waals surface area contributed by atoms with Gasteiger partial charge in [-0.2, -0.15) is 5.10 Å². The van der Waals surface area contributed by atoms with Crippen LogP contribution in [0.4, 0.5) is 0 Å². The second kappa shape index (κ2) is 7.98. The fraction of sp³-hybridized carbons (Fsp3) is 0.304. The summed E-state index contributed by atoms with van der Waals surface area (Å²) in [5.41, 5.74) is 5.88. The van der Waals surface area contributed by atoms with Crippen molar-refractivity contribution < 1.29 is 4.79 Å². The SMILES string of the molecule is Cc1n[nH]c(C)c1-c1ccccc1C(=O)N1CCNCC1Cc1ccccc1. The Kier molecular flexibility index (Phi) is 5.26. The van der Waals surface area contributed by atoms with E-state index < -0.39 is 0 Å². The van der Waals surface area contributed by atoms with Crippen molar-refractivity contribution in [2.24, 2.45) is 0 Å². The monoisotopic (exact) mass is 374 g/mol. The van der Waals surface area contributed by atoms with Crippen molar-refractivity contribution in [2.75, 3.05) is 19.6 Å². The highest BCUT2D eigenvalue weighted by atomic mass is 16.2. The van der Waals surface area contributed by atoms with Crippen LogP contribution in [0.25, 0.3) is 11.1 Å². The largest absolute Gasteiger partial charge is 0.333 e. The fourth-order valence-electron chi connectivity index (χ4n) is 4.09. The zero-order valence-corrected chi connectivity index (χ0v) is 16.4. The molecule has 1 atom stereocenters. The molecule has 28 heavy (non-hydrogen) atoms. The van der Waals surface area contributed by atoms with Crippen LogP contribution in [0.1, 0.15) is 27.3 Å². The lowest BCUT2D eigenvalue weighted by molar-refractivity contribution is 0.0637. The molecule has 1 aliphatic rings. The number of hydrogen-bond acceptors (Lipinski definition) is 3. The number of hydrogen-bond donors (Lipinski definition) is 2. The predicted octanol–water partition coefficient (Wildman–Crippen LogP) is 3.35. The summed E-state index contributed by atoms with van der Waals surface area (Å²) in [6, 6.07) is 18.4. The Balaban J connectivity index is 1.67. The van der Waals surface area contributed by atoms with Gasteiger partial charge in [-0.15, -0.1) is 0 Å². The topological polar surface area (TPSA) is 61.0 Å². The predicted molar refractivity (Wildman–Crippen MR) is 111 cm³/mol. The molecule has 2 N–H and O–H groups in total. The number of carbonyl (C=O) groups excluding carboxylic acids is 1. The first-order valence-corrected chi connectivity index (χ1v) is 9.81. The summed E-state index contributed by atoms with van der Waals surface area (Å²) in [6.07, 6.45) is 0.853. The second-order valence-electron chi connectivity index (χ2n) is 7.40. The van der Waals surface area contributed by atoms with Gasteiger partial charge in [0, 0.05) is 42.5 Å². The molecule has 1 amide bonds. The molecule has 2 aromatic carbocycles. The molecule has 1 fully saturated rings. The van der Waals surface area contributed by atoms with Gasteiger partial charge < -0.3 is 10.2 Å². The number of nitrogens with one attached hydrogen (secondary N) is 2. The van der Waals surface area contributed by atoms with E-state index in [2.05, 4.69) is 39.8 Å². The van der Waals surface area contributed by atoms with Crippen molar-refractivity contribution in [2.45, 2.75) is 26.3 Å². The standard InChI is InChI=1S/C23H26N4O/c1-16-22(17(2)26-25-16)20-10-6-7-11-21(20)23(28)27-13-12-24-15-19(27)14-18-8-4-3-5-9-18/h3-11,19,24H,12-15H2,1-2H3,(H,25,26). The van der Waals surface area contributed by atoms with Crippen LogP contribution in [0.2, 0.25) is 0 Å². The molecule has 3 aromatic rings. The summed E-state index contributed by atoms with van der Waals surface area (Å²) in [5.74, 6) is 0.0954. The van der Waals surface area contributed by atoms with E-state index in [1.165, 1.54) is 5.56 Å². The van der Waals surface area contributed by atoms with Gasteiger partial charge in [0.15, 0.2) is 0 Å². The molecule has 5 heteroatoms. The van der Waals surface area contributed by atoms with E-state index in [4.69, 9.17) is 0 Å². The van der Waals surface area contributed by atoms with Gasteiger partial charge in [0.05, 0.1) is 5.69 Å². The van der Waals surface area contributed by atoms with Gasteiger partial charge in [-0.05, 0) is 37.5 Å². The lowest BCUT2D eigenvalue weighted by Gasteiger charge is -2.37. The summed E-state index contributed by atoms with van der Waals surface area (Å²) in [7, 11) is 0. The highest BCUT2D eigenvalue weighted by Gasteiger charge is 2.29. The third-order valence-electron chi connectivity index (χ3n) is 5.48. The van der Waals surface area contributed by atoms with Gasteiger partial charge in [0.25, 0.3) is 5.91 Å². The average molecular weight is 374 g/mol. The smallest absolute Gasteiger partial charge is 0.254 e. The van der Waals surface area contributed by atoms with Gasteiger partial charge in [0.1, 0.15) is 0 Å². The number of H-pyrrole nitrogens is 1. The number of nitrogens with zero attached hydrogens (tertiary/aromatic N) is 2. The molecule has 1 aliphatic heterocycles. The zero-order valence-electron chi connectivity index (χ0n) is 16.4. The second-order valence-corrected chi connectivity index (χ2v) is 7.40. The number of aromatic nitrogens is 2. The number of piperazine rings is 1. The minimum atomic E-state index is 0.0954. The van der Waals surface area contributed by atoms with Crippen molar-refractivity contribution in [3.05, 3.63) is 77.1 Å². The molecule has 0 bridgehead atoms. The first kappa shape index (κ1) is 18.4. The minimum absolute atomic E-state index is 0.0954. The Morgan fingerprint density at radius 1 is 1.11 bits per heavy atom. The van der Waals surface area contributed by atoms with E-state index in [1.807, 2.05) is 49.1 Å². The first-order valence-electron chi connectivity index (χ1n) is 9.81. The quantitative estimate of drug-likeness (QED) is 0.736. The minimum Gasteiger partial charge on any atom is -0.333 e. The van der Waals surface area contributed by atoms with Crippen molar-refractivity contribution in [3.8, 4) is 11.1 Å². The number of aryl methyl sites for hydroxylation is 2. The Morgan fingerprint density at radius 3 is 2.61 bits per heavy atom. The number of aromatic amines is 1. The summed E-state index contributed by atoms with van der Waals surface area (Å²) < 4.78 is 0. The molecular formula is C23H26N4O. The van der Waals surface area contributed by atoms with Gasteiger partial charge in [0.2, 0.25) is 0 Å². The highest BCUT2D eigenvalue weighted by Crippen LogP contribution is 2.30. The van der Waals surface area contributed by atoms with Gasteiger partial charge >= 0.3 is 0 Å². The molecule has 5 nitrogen and oxygen atoms in total. The van der Waals surface area contributed by atoms with Crippen molar-refractivity contribution in [3.63, 3.8) is 0 Å². The van der Waals surface area contributed by atoms with Crippen LogP contribution < -0.4 is 5.32 Å². The molecule has 0 saturated carbocycles. The van der Waals surface area contributed by atoms with E-state index in [0.717, 1.165) is 47.6 Å². The molecule has 144 valence electrons. The maximum atomic E-state index is 13.6. The summed E-state index contributed by atoms with van der Waals surface area (Å²) in [5, 5.41) is 10.8. The van der Waals surface area contributed by atoms with E-state index in [0.29, 0.717) is 6.54 Å². The molecule has 1 saturated heterocycles. The third kappa shape index (κ3) is 3.58. The number of carbonyl (C=O) groups is 1. The summed E-state index contributed by atoms with van der Waals surface area (Å²) in [6.45, 7) is 6.33. The zero-order chi connectivity index (χ0) is 19.5. The van der Waals surface area contributed by atoms with Crippen molar-refractivity contribution >= 4 is 5.91 Å². The molecule has 0 spiro atoms. The van der Waals surface area contributed by atoms with E-state index in [9.17, 15) is 4.79 Å². The van der Waals surface area contributed by atoms with Crippen LogP contribution in [0.5, 0.6) is 0 Å². The Labute approximate surface area is 165 Å². The normalized spacial score (nSPS) is 16.9. The van der Waals surface area contributed by atoms with E-state index in [-0.39, 0.29) is 11.9 Å². The van der Waals surface area contributed by atoms with Gasteiger partial charge in [-0.3, -0.25) is 9.89 Å². The van der Waals surface area contributed by atoms with E-state index in [1.54, 1.807) is 0 Å². The van der Waals surface area contributed by atoms with Crippen LogP contribution in [0.15, 0.2) is 54.6 Å². The molecule has 0 aliphatic carbocycles. The molecule has 4 rings (SSSR count). The Hall–Kier alpha value is -2.92. The first-order chi connectivity index (χ1) is 13.6. The molecule has 1 unspecified atom stereocenters. The van der Waals surface area contributed by atoms with Crippen LogP contribution in [-0.4, -0.2) is 46.7 Å². The van der Waals surface area contributed by atoms with Crippen LogP contribution >= 0.6 is 0 Å². The van der Waals surface area contributed by atoms with Crippen molar-refractivity contribution in [1.29, 1.82) is 0 Å². The Bertz CT molecular complexity index is 944. The van der Waals surface area contributed by atoms with Crippen LogP contribution in [0, 0.1) is 13.8 Å². The maximum Gasteiger partial charge on any atom is 0.254 e. The van der Waals surface area contributed by atoms with Crippen molar-refractivity contribution in [1.82, 2.24) is 20.4 Å². The van der Waals surface area contributed by atoms with Crippen LogP contribution in [-0.2, 0) is 6.42 Å². The number of rotatable bonds is 4. The van der Waals surface area contributed by atoms with Crippen LogP contribution in [0.3, 0.4) is 0 Å². The fourth-order valence-corrected chi connectivity index (χ4v) is 4.09. The third-order valence-corrected chi connectivity index (χ3v) is 5.48. The molecule has 1 aromatic heterocycles. The molecule has 0 radical (unpaired) electrons. The van der Waals surface area contributed by atoms with Gasteiger partial charge in [-0.1, -0.05) is 48.5 Å².